The second kappa shape index (κ2) is 5.75. The zero-order valence-corrected chi connectivity index (χ0v) is 12.7. The van der Waals surface area contributed by atoms with Crippen LogP contribution in [0.1, 0.15) is 44.5 Å². The predicted octanol–water partition coefficient (Wildman–Crippen LogP) is 2.78. The molecule has 0 saturated carbocycles. The molecule has 106 valence electrons. The van der Waals surface area contributed by atoms with Gasteiger partial charge in [0.05, 0.1) is 0 Å². The van der Waals surface area contributed by atoms with Crippen LogP contribution < -0.4 is 5.32 Å². The van der Waals surface area contributed by atoms with Crippen LogP contribution in [-0.2, 0) is 6.42 Å². The Kier molecular flexibility index (Phi) is 4.03. The Morgan fingerprint density at radius 2 is 2.21 bits per heavy atom. The first-order valence-electron chi connectivity index (χ1n) is 7.53. The van der Waals surface area contributed by atoms with Gasteiger partial charge in [0.15, 0.2) is 0 Å². The van der Waals surface area contributed by atoms with E-state index in [4.69, 9.17) is 0 Å². The first-order chi connectivity index (χ1) is 9.20. The predicted molar refractivity (Wildman–Crippen MR) is 79.7 cm³/mol. The zero-order chi connectivity index (χ0) is 13.2. The molecule has 0 aliphatic carbocycles. The molecule has 2 aliphatic heterocycles. The number of rotatable bonds is 4. The molecule has 0 radical (unpaired) electrons. The van der Waals surface area contributed by atoms with Crippen molar-refractivity contribution in [3.05, 3.63) is 5.01 Å². The SMILES string of the molecule is CC(C)Cc1nnc(NC2CCN3CCCC3C2)s1. The monoisotopic (exact) mass is 280 g/mol. The van der Waals surface area contributed by atoms with Crippen LogP contribution in [0.5, 0.6) is 0 Å². The standard InChI is InChI=1S/C14H24N4S/c1-10(2)8-13-16-17-14(19-13)15-11-5-7-18-6-3-4-12(18)9-11/h10-12H,3-9H2,1-2H3,(H,15,17). The van der Waals surface area contributed by atoms with E-state index in [1.807, 2.05) is 0 Å². The third-order valence-corrected chi connectivity index (χ3v) is 5.07. The van der Waals surface area contributed by atoms with E-state index in [1.54, 1.807) is 11.3 Å². The molecule has 1 aromatic heterocycles. The Morgan fingerprint density at radius 3 is 3.05 bits per heavy atom. The van der Waals surface area contributed by atoms with Gasteiger partial charge in [0.1, 0.15) is 5.01 Å². The average molecular weight is 280 g/mol. The second-order valence-corrected chi connectivity index (χ2v) is 7.36. The quantitative estimate of drug-likeness (QED) is 0.921. The minimum atomic E-state index is 0.596. The Morgan fingerprint density at radius 1 is 1.32 bits per heavy atom. The molecule has 2 saturated heterocycles. The molecule has 0 amide bonds. The van der Waals surface area contributed by atoms with E-state index in [0.29, 0.717) is 12.0 Å². The largest absolute Gasteiger partial charge is 0.357 e. The van der Waals surface area contributed by atoms with Gasteiger partial charge in [-0.2, -0.15) is 0 Å². The van der Waals surface area contributed by atoms with Crippen molar-refractivity contribution in [1.82, 2.24) is 15.1 Å². The molecule has 2 unspecified atom stereocenters. The highest BCUT2D eigenvalue weighted by molar-refractivity contribution is 7.15. The lowest BCUT2D eigenvalue weighted by Gasteiger charge is -2.34. The van der Waals surface area contributed by atoms with Crippen LogP contribution in [0.4, 0.5) is 5.13 Å². The maximum absolute atomic E-state index is 4.29. The molecular weight excluding hydrogens is 256 g/mol. The van der Waals surface area contributed by atoms with Crippen LogP contribution in [0.2, 0.25) is 0 Å². The summed E-state index contributed by atoms with van der Waals surface area (Å²) in [6, 6.07) is 1.41. The van der Waals surface area contributed by atoms with Crippen LogP contribution in [0, 0.1) is 5.92 Å². The van der Waals surface area contributed by atoms with Crippen LogP contribution >= 0.6 is 11.3 Å². The summed E-state index contributed by atoms with van der Waals surface area (Å²) in [5, 5.41) is 14.4. The molecule has 1 N–H and O–H groups in total. The summed E-state index contributed by atoms with van der Waals surface area (Å²) in [6.45, 7) is 7.02. The second-order valence-electron chi connectivity index (χ2n) is 6.30. The summed E-state index contributed by atoms with van der Waals surface area (Å²) in [5.41, 5.74) is 0. The van der Waals surface area contributed by atoms with E-state index in [-0.39, 0.29) is 0 Å². The number of hydrogen-bond acceptors (Lipinski definition) is 5. The summed E-state index contributed by atoms with van der Waals surface area (Å²) in [7, 11) is 0. The van der Waals surface area contributed by atoms with Crippen molar-refractivity contribution < 1.29 is 0 Å². The number of anilines is 1. The van der Waals surface area contributed by atoms with E-state index in [0.717, 1.165) is 22.6 Å². The summed E-state index contributed by atoms with van der Waals surface area (Å²) in [6.07, 6.45) is 6.33. The van der Waals surface area contributed by atoms with Crippen molar-refractivity contribution in [2.24, 2.45) is 5.92 Å². The van der Waals surface area contributed by atoms with E-state index in [9.17, 15) is 0 Å². The van der Waals surface area contributed by atoms with Gasteiger partial charge in [0.25, 0.3) is 0 Å². The van der Waals surface area contributed by atoms with E-state index in [1.165, 1.54) is 38.8 Å². The van der Waals surface area contributed by atoms with Gasteiger partial charge < -0.3 is 10.2 Å². The molecular formula is C14H24N4S. The molecule has 2 fully saturated rings. The van der Waals surface area contributed by atoms with Crippen molar-refractivity contribution in [2.45, 2.75) is 58.0 Å². The third kappa shape index (κ3) is 3.26. The third-order valence-electron chi connectivity index (χ3n) is 4.20. The minimum Gasteiger partial charge on any atom is -0.357 e. The van der Waals surface area contributed by atoms with Gasteiger partial charge in [-0.05, 0) is 38.1 Å². The van der Waals surface area contributed by atoms with Crippen molar-refractivity contribution in [2.75, 3.05) is 18.4 Å². The van der Waals surface area contributed by atoms with Gasteiger partial charge in [0.2, 0.25) is 5.13 Å². The lowest BCUT2D eigenvalue weighted by molar-refractivity contribution is 0.188. The van der Waals surface area contributed by atoms with Crippen molar-refractivity contribution >= 4 is 16.5 Å². The van der Waals surface area contributed by atoms with E-state index in [2.05, 4.69) is 34.3 Å². The van der Waals surface area contributed by atoms with Crippen molar-refractivity contribution in [3.8, 4) is 0 Å². The fraction of sp³-hybridized carbons (Fsp3) is 0.857. The smallest absolute Gasteiger partial charge is 0.205 e. The molecule has 5 heteroatoms. The van der Waals surface area contributed by atoms with Crippen LogP contribution in [0.25, 0.3) is 0 Å². The number of hydrogen-bond donors (Lipinski definition) is 1. The Hall–Kier alpha value is -0.680. The first-order valence-corrected chi connectivity index (χ1v) is 8.35. The number of nitrogens with one attached hydrogen (secondary N) is 1. The number of piperidine rings is 1. The van der Waals surface area contributed by atoms with Gasteiger partial charge in [-0.15, -0.1) is 10.2 Å². The molecule has 2 atom stereocenters. The summed E-state index contributed by atoms with van der Waals surface area (Å²) < 4.78 is 0. The summed E-state index contributed by atoms with van der Waals surface area (Å²) in [4.78, 5) is 2.66. The molecule has 0 bridgehead atoms. The number of fused-ring (bicyclic) bond motifs is 1. The van der Waals surface area contributed by atoms with Crippen molar-refractivity contribution in [3.63, 3.8) is 0 Å². The lowest BCUT2D eigenvalue weighted by Crippen LogP contribution is -2.42. The van der Waals surface area contributed by atoms with Gasteiger partial charge in [0, 0.05) is 25.0 Å². The average Bonchev–Trinajstić information content (AvgIpc) is 2.97. The molecule has 3 heterocycles. The van der Waals surface area contributed by atoms with Crippen molar-refractivity contribution in [1.29, 1.82) is 0 Å². The van der Waals surface area contributed by atoms with Gasteiger partial charge in [-0.3, -0.25) is 0 Å². The van der Waals surface area contributed by atoms with Crippen LogP contribution in [-0.4, -0.2) is 40.3 Å². The normalized spacial score (nSPS) is 27.7. The van der Waals surface area contributed by atoms with E-state index >= 15 is 0 Å². The topological polar surface area (TPSA) is 41.1 Å². The molecule has 1 aromatic rings. The fourth-order valence-electron chi connectivity index (χ4n) is 3.27. The fourth-order valence-corrected chi connectivity index (χ4v) is 4.30. The highest BCUT2D eigenvalue weighted by atomic mass is 32.1. The van der Waals surface area contributed by atoms with E-state index < -0.39 is 0 Å². The van der Waals surface area contributed by atoms with Gasteiger partial charge >= 0.3 is 0 Å². The number of nitrogens with zero attached hydrogens (tertiary/aromatic N) is 3. The first kappa shape index (κ1) is 13.3. The minimum absolute atomic E-state index is 0.596. The maximum Gasteiger partial charge on any atom is 0.205 e. The molecule has 19 heavy (non-hydrogen) atoms. The van der Waals surface area contributed by atoms with Gasteiger partial charge in [-0.25, -0.2) is 0 Å². The Labute approximate surface area is 119 Å². The van der Waals surface area contributed by atoms with Gasteiger partial charge in [-0.1, -0.05) is 25.2 Å². The zero-order valence-electron chi connectivity index (χ0n) is 11.9. The summed E-state index contributed by atoms with van der Waals surface area (Å²) >= 11 is 1.73. The lowest BCUT2D eigenvalue weighted by atomic mass is 9.98. The Balaban J connectivity index is 1.55. The van der Waals surface area contributed by atoms with Crippen LogP contribution in [0.3, 0.4) is 0 Å². The molecule has 4 nitrogen and oxygen atoms in total. The highest BCUT2D eigenvalue weighted by Crippen LogP contribution is 2.29. The molecule has 0 aromatic carbocycles. The maximum atomic E-state index is 4.29. The Bertz CT molecular complexity index is 417. The molecule has 2 aliphatic rings. The molecule has 0 spiro atoms. The van der Waals surface area contributed by atoms with Crippen LogP contribution in [0.15, 0.2) is 0 Å². The number of aromatic nitrogens is 2. The summed E-state index contributed by atoms with van der Waals surface area (Å²) in [5.74, 6) is 0.655. The highest BCUT2D eigenvalue weighted by Gasteiger charge is 2.31. The molecule has 3 rings (SSSR count).